The van der Waals surface area contributed by atoms with Crippen LogP contribution < -0.4 is 11.5 Å². The van der Waals surface area contributed by atoms with Gasteiger partial charge in [-0.3, -0.25) is 0 Å². The van der Waals surface area contributed by atoms with Crippen LogP contribution in [0, 0.1) is 0 Å². The van der Waals surface area contributed by atoms with E-state index in [0.29, 0.717) is 0 Å². The fraction of sp³-hybridized carbons (Fsp3) is 1.00. The molecule has 6 N–H and O–H groups in total. The maximum absolute atomic E-state index is 10.9. The predicted molar refractivity (Wildman–Crippen MR) is 41.2 cm³/mol. The maximum Gasteiger partial charge on any atom is 0.0850 e. The summed E-state index contributed by atoms with van der Waals surface area (Å²) in [6.45, 7) is -0.0310. The first-order valence-electron chi connectivity index (χ1n) is 2.93. The van der Waals surface area contributed by atoms with Crippen LogP contribution in [0.15, 0.2) is 0 Å². The SMILES string of the molecule is NCCS(=O)(O)(O)CCN. The van der Waals surface area contributed by atoms with E-state index in [-0.39, 0.29) is 24.6 Å². The van der Waals surface area contributed by atoms with Gasteiger partial charge in [-0.25, -0.2) is 4.21 Å². The average Bonchev–Trinajstić information content (AvgIpc) is 1.61. The van der Waals surface area contributed by atoms with E-state index in [2.05, 4.69) is 0 Å². The van der Waals surface area contributed by atoms with Gasteiger partial charge in [-0.05, 0) is 0 Å². The van der Waals surface area contributed by atoms with Crippen LogP contribution >= 0.6 is 0 Å². The Balaban J connectivity index is 4.13. The van der Waals surface area contributed by atoms with Crippen molar-refractivity contribution in [2.24, 2.45) is 11.5 Å². The van der Waals surface area contributed by atoms with Crippen LogP contribution in [0.5, 0.6) is 0 Å². The molecule has 0 amide bonds. The zero-order valence-corrected chi connectivity index (χ0v) is 6.51. The zero-order chi connectivity index (χ0) is 8.28. The van der Waals surface area contributed by atoms with Gasteiger partial charge in [0.15, 0.2) is 0 Å². The molecule has 0 fully saturated rings. The molecular weight excluding hydrogens is 156 g/mol. The van der Waals surface area contributed by atoms with Crippen LogP contribution in [-0.4, -0.2) is 37.9 Å². The molecule has 0 aromatic heterocycles. The molecule has 0 radical (unpaired) electrons. The van der Waals surface area contributed by atoms with Crippen molar-refractivity contribution in [3.63, 3.8) is 0 Å². The summed E-state index contributed by atoms with van der Waals surface area (Å²) < 4.78 is 28.8. The Bertz CT molecular complexity index is 152. The summed E-state index contributed by atoms with van der Waals surface area (Å²) >= 11 is 0. The summed E-state index contributed by atoms with van der Waals surface area (Å²) in [4.78, 5) is 0. The fourth-order valence-corrected chi connectivity index (χ4v) is 1.73. The Morgan fingerprint density at radius 3 is 1.60 bits per heavy atom. The molecule has 0 unspecified atom stereocenters. The van der Waals surface area contributed by atoms with E-state index in [1.54, 1.807) is 0 Å². The van der Waals surface area contributed by atoms with E-state index in [1.165, 1.54) is 0 Å². The van der Waals surface area contributed by atoms with Gasteiger partial charge in [0, 0.05) is 13.1 Å². The molecule has 0 atom stereocenters. The maximum atomic E-state index is 10.9. The van der Waals surface area contributed by atoms with Crippen LogP contribution in [0.1, 0.15) is 0 Å². The largest absolute Gasteiger partial charge is 0.329 e. The molecule has 10 heavy (non-hydrogen) atoms. The zero-order valence-electron chi connectivity index (χ0n) is 5.69. The summed E-state index contributed by atoms with van der Waals surface area (Å²) in [5.74, 6) is -0.594. The van der Waals surface area contributed by atoms with Gasteiger partial charge in [0.1, 0.15) is 0 Å². The van der Waals surface area contributed by atoms with E-state index < -0.39 is 9.63 Å². The van der Waals surface area contributed by atoms with E-state index in [9.17, 15) is 4.21 Å². The van der Waals surface area contributed by atoms with Crippen molar-refractivity contribution in [3.8, 4) is 0 Å². The highest BCUT2D eigenvalue weighted by molar-refractivity contribution is 8.10. The lowest BCUT2D eigenvalue weighted by molar-refractivity contribution is 0.391. The van der Waals surface area contributed by atoms with Crippen molar-refractivity contribution in [1.82, 2.24) is 0 Å². The standard InChI is InChI=1S/C4H14N2O3S/c5-1-3-10(7,8,9)4-2-6/h1-6H2,(H2,7,8,9). The highest BCUT2D eigenvalue weighted by Crippen LogP contribution is 2.13. The molecular formula is C4H14N2O3S. The Hall–Kier alpha value is -0.0100. The first kappa shape index (κ1) is 9.99. The molecule has 0 aliphatic carbocycles. The second-order valence-corrected chi connectivity index (χ2v) is 5.36. The second kappa shape index (κ2) is 2.93. The van der Waals surface area contributed by atoms with Gasteiger partial charge in [-0.15, -0.1) is 0 Å². The third kappa shape index (κ3) is 3.91. The first-order chi connectivity index (χ1) is 4.39. The van der Waals surface area contributed by atoms with Crippen LogP contribution in [0.25, 0.3) is 0 Å². The molecule has 64 valence electrons. The van der Waals surface area contributed by atoms with E-state index >= 15 is 0 Å². The van der Waals surface area contributed by atoms with Crippen molar-refractivity contribution in [2.45, 2.75) is 0 Å². The lowest BCUT2D eigenvalue weighted by Crippen LogP contribution is -2.44. The summed E-state index contributed by atoms with van der Waals surface area (Å²) in [6, 6.07) is 0. The molecule has 0 heterocycles. The van der Waals surface area contributed by atoms with Gasteiger partial charge in [-0.1, -0.05) is 0 Å². The Morgan fingerprint density at radius 2 is 1.40 bits per heavy atom. The van der Waals surface area contributed by atoms with E-state index in [1.807, 2.05) is 0 Å². The molecule has 0 aliphatic heterocycles. The van der Waals surface area contributed by atoms with Gasteiger partial charge >= 0.3 is 0 Å². The normalized spacial score (nSPS) is 16.2. The fourth-order valence-electron chi connectivity index (χ4n) is 0.576. The smallest absolute Gasteiger partial charge is 0.0850 e. The molecule has 5 nitrogen and oxygen atoms in total. The molecule has 0 aliphatic rings. The highest BCUT2D eigenvalue weighted by Gasteiger charge is 2.27. The van der Waals surface area contributed by atoms with Crippen LogP contribution in [0.2, 0.25) is 0 Å². The van der Waals surface area contributed by atoms with Gasteiger partial charge in [0.05, 0.1) is 21.1 Å². The number of hydrogen-bond acceptors (Lipinski definition) is 3. The third-order valence-corrected chi connectivity index (χ3v) is 3.17. The molecule has 6 heteroatoms. The molecule has 0 aromatic carbocycles. The Kier molecular flexibility index (Phi) is 2.93. The van der Waals surface area contributed by atoms with Gasteiger partial charge in [0.2, 0.25) is 0 Å². The predicted octanol–water partition coefficient (Wildman–Crippen LogP) is -1.33. The first-order valence-corrected chi connectivity index (χ1v) is 5.14. The van der Waals surface area contributed by atoms with Gasteiger partial charge < -0.3 is 20.6 Å². The van der Waals surface area contributed by atoms with Crippen LogP contribution in [-0.2, 0) is 9.63 Å². The second-order valence-electron chi connectivity index (χ2n) is 2.17. The van der Waals surface area contributed by atoms with Crippen LogP contribution in [0.4, 0.5) is 0 Å². The van der Waals surface area contributed by atoms with Crippen molar-refractivity contribution < 1.29 is 13.3 Å². The summed E-state index contributed by atoms with van der Waals surface area (Å²) in [5.41, 5.74) is 9.99. The minimum absolute atomic E-state index is 0.0155. The Labute approximate surface area is 59.8 Å². The van der Waals surface area contributed by atoms with Crippen molar-refractivity contribution in [3.05, 3.63) is 0 Å². The van der Waals surface area contributed by atoms with Crippen LogP contribution in [0.3, 0.4) is 0 Å². The highest BCUT2D eigenvalue weighted by atomic mass is 32.3. The number of hydrogen-bond donors (Lipinski definition) is 4. The van der Waals surface area contributed by atoms with E-state index in [0.717, 1.165) is 0 Å². The third-order valence-electron chi connectivity index (χ3n) is 1.06. The summed E-state index contributed by atoms with van der Waals surface area (Å²) in [5, 5.41) is 0. The number of rotatable bonds is 4. The quantitative estimate of drug-likeness (QED) is 0.418. The molecule has 0 spiro atoms. The van der Waals surface area contributed by atoms with Crippen molar-refractivity contribution in [1.29, 1.82) is 0 Å². The topological polar surface area (TPSA) is 110 Å². The van der Waals surface area contributed by atoms with Crippen molar-refractivity contribution in [2.75, 3.05) is 24.6 Å². The average molecular weight is 170 g/mol. The molecule has 0 saturated heterocycles. The monoisotopic (exact) mass is 170 g/mol. The lowest BCUT2D eigenvalue weighted by Gasteiger charge is -2.29. The lowest BCUT2D eigenvalue weighted by atomic mass is 10.8. The van der Waals surface area contributed by atoms with Crippen molar-refractivity contribution >= 4 is 9.63 Å². The summed E-state index contributed by atoms with van der Waals surface area (Å²) in [7, 11) is -4.43. The molecule has 0 aromatic rings. The van der Waals surface area contributed by atoms with Gasteiger partial charge in [-0.2, -0.15) is 0 Å². The molecule has 0 rings (SSSR count). The van der Waals surface area contributed by atoms with Gasteiger partial charge in [0.25, 0.3) is 0 Å². The van der Waals surface area contributed by atoms with E-state index in [4.69, 9.17) is 20.6 Å². The number of nitrogens with two attached hydrogens (primary N) is 2. The molecule has 0 bridgehead atoms. The Morgan fingerprint density at radius 1 is 1.10 bits per heavy atom. The minimum atomic E-state index is -4.43. The molecule has 0 saturated carbocycles. The summed E-state index contributed by atoms with van der Waals surface area (Å²) in [6.07, 6.45) is 0. The minimum Gasteiger partial charge on any atom is -0.329 e.